The largest absolute Gasteiger partial charge is 0.497 e. The molecule has 25 heavy (non-hydrogen) atoms. The van der Waals surface area contributed by atoms with Crippen molar-refractivity contribution in [3.63, 3.8) is 0 Å². The highest BCUT2D eigenvalue weighted by Gasteiger charge is 2.13. The van der Waals surface area contributed by atoms with E-state index in [1.165, 1.54) is 25.3 Å². The van der Waals surface area contributed by atoms with Gasteiger partial charge in [-0.15, -0.1) is 0 Å². The van der Waals surface area contributed by atoms with Gasteiger partial charge in [-0.25, -0.2) is 0 Å². The highest BCUT2D eigenvalue weighted by atomic mass is 16.6. The summed E-state index contributed by atoms with van der Waals surface area (Å²) in [6, 6.07) is 11.2. The van der Waals surface area contributed by atoms with Gasteiger partial charge in [0.15, 0.2) is 18.1 Å². The fourth-order valence-electron chi connectivity index (χ4n) is 2.07. The van der Waals surface area contributed by atoms with Gasteiger partial charge in [0, 0.05) is 12.6 Å². The van der Waals surface area contributed by atoms with E-state index in [1.807, 2.05) is 24.3 Å². The summed E-state index contributed by atoms with van der Waals surface area (Å²) in [6.45, 7) is 0.0208. The number of nitrogens with one attached hydrogen (secondary N) is 1. The minimum Gasteiger partial charge on any atom is -0.497 e. The molecule has 0 aromatic heterocycles. The van der Waals surface area contributed by atoms with Gasteiger partial charge in [-0.1, -0.05) is 12.1 Å². The molecule has 2 rings (SSSR count). The number of carbonyl (C=O) groups is 1. The van der Waals surface area contributed by atoms with Gasteiger partial charge < -0.3 is 19.5 Å². The van der Waals surface area contributed by atoms with E-state index in [1.54, 1.807) is 7.11 Å². The van der Waals surface area contributed by atoms with Gasteiger partial charge in [0.05, 0.1) is 25.2 Å². The van der Waals surface area contributed by atoms with E-state index in [0.29, 0.717) is 18.0 Å². The molecule has 0 aliphatic rings. The number of hydrogen-bond donors (Lipinski definition) is 1. The van der Waals surface area contributed by atoms with Crippen molar-refractivity contribution >= 4 is 11.6 Å². The molecule has 2 aromatic carbocycles. The Morgan fingerprint density at radius 3 is 2.60 bits per heavy atom. The Balaban J connectivity index is 1.93. The van der Waals surface area contributed by atoms with Crippen LogP contribution in [0.25, 0.3) is 0 Å². The van der Waals surface area contributed by atoms with Crippen LogP contribution < -0.4 is 19.5 Å². The lowest BCUT2D eigenvalue weighted by Crippen LogP contribution is -2.28. The molecule has 0 spiro atoms. The van der Waals surface area contributed by atoms with Crippen molar-refractivity contribution in [2.45, 2.75) is 6.54 Å². The van der Waals surface area contributed by atoms with Gasteiger partial charge in [-0.2, -0.15) is 0 Å². The lowest BCUT2D eigenvalue weighted by atomic mass is 10.2. The van der Waals surface area contributed by atoms with Gasteiger partial charge >= 0.3 is 0 Å². The minimum absolute atomic E-state index is 0.133. The molecule has 0 heterocycles. The number of amides is 1. The standard InChI is InChI=1S/C17H18N2O6/c1-23-14-5-3-4-12(8-14)10-18-17(20)11-25-16-9-13(19(21)22)6-7-15(16)24-2/h3-9H,10-11H2,1-2H3,(H,18,20). The number of nitro benzene ring substituents is 1. The number of hydrogen-bond acceptors (Lipinski definition) is 6. The van der Waals surface area contributed by atoms with Crippen molar-refractivity contribution in [3.8, 4) is 17.2 Å². The molecule has 0 radical (unpaired) electrons. The summed E-state index contributed by atoms with van der Waals surface area (Å²) in [4.78, 5) is 22.2. The molecule has 0 fully saturated rings. The molecule has 8 heteroatoms. The van der Waals surface area contributed by atoms with Crippen molar-refractivity contribution in [1.82, 2.24) is 5.32 Å². The lowest BCUT2D eigenvalue weighted by molar-refractivity contribution is -0.385. The molecular weight excluding hydrogens is 328 g/mol. The zero-order valence-corrected chi connectivity index (χ0v) is 13.9. The van der Waals surface area contributed by atoms with Gasteiger partial charge in [0.2, 0.25) is 0 Å². The predicted molar refractivity (Wildman–Crippen MR) is 90.0 cm³/mol. The molecule has 8 nitrogen and oxygen atoms in total. The number of ether oxygens (including phenoxy) is 3. The van der Waals surface area contributed by atoms with Gasteiger partial charge in [0.1, 0.15) is 5.75 Å². The number of benzene rings is 2. The Bertz CT molecular complexity index is 763. The van der Waals surface area contributed by atoms with Gasteiger partial charge in [-0.3, -0.25) is 14.9 Å². The van der Waals surface area contributed by atoms with Crippen LogP contribution >= 0.6 is 0 Å². The van der Waals surface area contributed by atoms with E-state index >= 15 is 0 Å². The number of nitro groups is 1. The second kappa shape index (κ2) is 8.53. The number of carbonyl (C=O) groups excluding carboxylic acids is 1. The first-order valence-electron chi connectivity index (χ1n) is 7.38. The summed E-state index contributed by atoms with van der Waals surface area (Å²) in [5, 5.41) is 13.5. The topological polar surface area (TPSA) is 99.9 Å². The van der Waals surface area contributed by atoms with Crippen LogP contribution in [0.2, 0.25) is 0 Å². The lowest BCUT2D eigenvalue weighted by Gasteiger charge is -2.11. The molecule has 0 aliphatic carbocycles. The highest BCUT2D eigenvalue weighted by Crippen LogP contribution is 2.31. The van der Waals surface area contributed by atoms with Crippen LogP contribution in [-0.4, -0.2) is 31.7 Å². The maximum Gasteiger partial charge on any atom is 0.273 e. The quantitative estimate of drug-likeness (QED) is 0.581. The first-order chi connectivity index (χ1) is 12.0. The van der Waals surface area contributed by atoms with Crippen molar-refractivity contribution in [2.75, 3.05) is 20.8 Å². The van der Waals surface area contributed by atoms with Gasteiger partial charge in [0.25, 0.3) is 11.6 Å². The fraction of sp³-hybridized carbons (Fsp3) is 0.235. The normalized spacial score (nSPS) is 10.0. The summed E-state index contributed by atoms with van der Waals surface area (Å²) in [5.41, 5.74) is 0.730. The second-order valence-electron chi connectivity index (χ2n) is 5.01. The molecular formula is C17H18N2O6. The molecule has 0 saturated carbocycles. The Morgan fingerprint density at radius 2 is 1.92 bits per heavy atom. The van der Waals surface area contributed by atoms with E-state index in [9.17, 15) is 14.9 Å². The molecule has 0 aliphatic heterocycles. The average molecular weight is 346 g/mol. The Morgan fingerprint density at radius 1 is 1.12 bits per heavy atom. The van der Waals surface area contributed by atoms with Crippen molar-refractivity contribution < 1.29 is 23.9 Å². The third-order valence-electron chi connectivity index (χ3n) is 3.34. The predicted octanol–water partition coefficient (Wildman–Crippen LogP) is 2.31. The molecule has 1 N–H and O–H groups in total. The third-order valence-corrected chi connectivity index (χ3v) is 3.34. The monoisotopic (exact) mass is 346 g/mol. The Labute approximate surface area is 144 Å². The summed E-state index contributed by atoms with van der Waals surface area (Å²) >= 11 is 0. The number of non-ortho nitro benzene ring substituents is 1. The zero-order chi connectivity index (χ0) is 18.2. The summed E-state index contributed by atoms with van der Waals surface area (Å²) in [7, 11) is 2.98. The van der Waals surface area contributed by atoms with Crippen LogP contribution in [0, 0.1) is 10.1 Å². The van der Waals surface area contributed by atoms with Crippen molar-refractivity contribution in [3.05, 3.63) is 58.1 Å². The maximum atomic E-state index is 11.9. The first kappa shape index (κ1) is 18.1. The zero-order valence-electron chi connectivity index (χ0n) is 13.9. The molecule has 2 aromatic rings. The molecule has 0 unspecified atom stereocenters. The highest BCUT2D eigenvalue weighted by molar-refractivity contribution is 5.77. The van der Waals surface area contributed by atoms with Crippen LogP contribution in [0.4, 0.5) is 5.69 Å². The minimum atomic E-state index is -0.546. The van der Waals surface area contributed by atoms with Crippen LogP contribution in [0.5, 0.6) is 17.2 Å². The fourth-order valence-corrected chi connectivity index (χ4v) is 2.07. The summed E-state index contributed by atoms with van der Waals surface area (Å²) in [6.07, 6.45) is 0. The van der Waals surface area contributed by atoms with E-state index in [4.69, 9.17) is 14.2 Å². The van der Waals surface area contributed by atoms with E-state index in [-0.39, 0.29) is 24.0 Å². The first-order valence-corrected chi connectivity index (χ1v) is 7.38. The third kappa shape index (κ3) is 5.10. The van der Waals surface area contributed by atoms with Crippen LogP contribution in [0.15, 0.2) is 42.5 Å². The second-order valence-corrected chi connectivity index (χ2v) is 5.01. The van der Waals surface area contributed by atoms with Gasteiger partial charge in [-0.05, 0) is 23.8 Å². The summed E-state index contributed by atoms with van der Waals surface area (Å²) in [5.74, 6) is 0.778. The Kier molecular flexibility index (Phi) is 6.16. The molecule has 132 valence electrons. The van der Waals surface area contributed by atoms with Crippen molar-refractivity contribution in [2.24, 2.45) is 0 Å². The molecule has 1 amide bonds. The van der Waals surface area contributed by atoms with E-state index < -0.39 is 4.92 Å². The molecule has 0 bridgehead atoms. The molecule has 0 atom stereocenters. The Hall–Kier alpha value is -3.29. The maximum absolute atomic E-state index is 11.9. The smallest absolute Gasteiger partial charge is 0.273 e. The van der Waals surface area contributed by atoms with Crippen LogP contribution in [0.1, 0.15) is 5.56 Å². The van der Waals surface area contributed by atoms with Crippen LogP contribution in [-0.2, 0) is 11.3 Å². The summed E-state index contributed by atoms with van der Waals surface area (Å²) < 4.78 is 15.5. The van der Waals surface area contributed by atoms with E-state index in [0.717, 1.165) is 5.56 Å². The SMILES string of the molecule is COc1cccc(CNC(=O)COc2cc([N+](=O)[O-])ccc2OC)c1. The average Bonchev–Trinajstić information content (AvgIpc) is 2.64. The molecule has 0 saturated heterocycles. The number of nitrogens with zero attached hydrogens (tertiary/aromatic N) is 1. The van der Waals surface area contributed by atoms with Crippen LogP contribution in [0.3, 0.4) is 0 Å². The van der Waals surface area contributed by atoms with Crippen molar-refractivity contribution in [1.29, 1.82) is 0 Å². The van der Waals surface area contributed by atoms with E-state index in [2.05, 4.69) is 5.32 Å². The number of methoxy groups -OCH3 is 2. The number of rotatable bonds is 8.